The molecule has 0 aromatic heterocycles. The highest BCUT2D eigenvalue weighted by Crippen LogP contribution is 2.30. The number of allylic oxidation sites excluding steroid dienone is 1. The number of alkyl halides is 3. The van der Waals surface area contributed by atoms with Crippen molar-refractivity contribution < 1.29 is 18.0 Å². The maximum Gasteiger partial charge on any atom is 0.416 e. The normalized spacial score (nSPS) is 22.5. The van der Waals surface area contributed by atoms with Crippen molar-refractivity contribution in [1.29, 1.82) is 0 Å². The van der Waals surface area contributed by atoms with E-state index >= 15 is 0 Å². The Labute approximate surface area is 138 Å². The number of carbonyl (C=O) groups excluding carboxylic acids is 1. The van der Waals surface area contributed by atoms with Crippen LogP contribution in [0.3, 0.4) is 0 Å². The summed E-state index contributed by atoms with van der Waals surface area (Å²) in [5.41, 5.74) is 2.12. The Morgan fingerprint density at radius 1 is 1.12 bits per heavy atom. The Kier molecular flexibility index (Phi) is 4.54. The highest BCUT2D eigenvalue weighted by Gasteiger charge is 2.31. The fourth-order valence-corrected chi connectivity index (χ4v) is 3.00. The second-order valence-corrected chi connectivity index (χ2v) is 6.26. The van der Waals surface area contributed by atoms with E-state index in [0.29, 0.717) is 25.2 Å². The van der Waals surface area contributed by atoms with E-state index in [0.717, 1.165) is 42.2 Å². The number of piperidine rings is 1. The molecule has 0 saturated carbocycles. The zero-order valence-corrected chi connectivity index (χ0v) is 13.4. The van der Waals surface area contributed by atoms with Crippen molar-refractivity contribution in [2.45, 2.75) is 32.1 Å². The van der Waals surface area contributed by atoms with Crippen LogP contribution in [-0.4, -0.2) is 30.3 Å². The van der Waals surface area contributed by atoms with E-state index in [4.69, 9.17) is 0 Å². The molecule has 0 amide bonds. The molecule has 2 aliphatic heterocycles. The summed E-state index contributed by atoms with van der Waals surface area (Å²) in [7, 11) is 0. The van der Waals surface area contributed by atoms with Crippen molar-refractivity contribution in [3.05, 3.63) is 46.8 Å². The quantitative estimate of drug-likeness (QED) is 0.889. The summed E-state index contributed by atoms with van der Waals surface area (Å²) in [6.07, 6.45) is -3.38. The van der Waals surface area contributed by atoms with E-state index < -0.39 is 11.7 Å². The molecule has 1 aromatic rings. The lowest BCUT2D eigenvalue weighted by atomic mass is 10.1. The Hall–Kier alpha value is -2.02. The Balaban J connectivity index is 1.62. The highest BCUT2D eigenvalue weighted by atomic mass is 19.4. The molecule has 0 spiro atoms. The van der Waals surface area contributed by atoms with Crippen LogP contribution in [-0.2, 0) is 11.0 Å². The van der Waals surface area contributed by atoms with E-state index in [2.05, 4.69) is 15.5 Å². The van der Waals surface area contributed by atoms with E-state index in [-0.39, 0.29) is 6.17 Å². The maximum atomic E-state index is 12.6. The number of nitrogens with zero attached hydrogens (tertiary/aromatic N) is 1. The third-order valence-corrected chi connectivity index (χ3v) is 4.50. The van der Waals surface area contributed by atoms with Gasteiger partial charge in [-0.05, 0) is 24.6 Å². The zero-order valence-electron chi connectivity index (χ0n) is 13.4. The predicted molar refractivity (Wildman–Crippen MR) is 83.8 cm³/mol. The molecule has 4 nitrogen and oxygen atoms in total. The highest BCUT2D eigenvalue weighted by molar-refractivity contribution is 5.79. The number of rotatable bonds is 3. The molecular formula is C17H20F3N3O. The summed E-state index contributed by atoms with van der Waals surface area (Å²) in [5.74, 6) is 0.303. The summed E-state index contributed by atoms with van der Waals surface area (Å²) in [6, 6.07) is 5.18. The van der Waals surface area contributed by atoms with Crippen molar-refractivity contribution in [1.82, 2.24) is 15.5 Å². The van der Waals surface area contributed by atoms with Crippen LogP contribution in [0.15, 0.2) is 35.7 Å². The number of ketones is 1. The molecule has 2 N–H and O–H groups in total. The van der Waals surface area contributed by atoms with Crippen molar-refractivity contribution >= 4 is 5.78 Å². The van der Waals surface area contributed by atoms with Gasteiger partial charge in [0.05, 0.1) is 5.56 Å². The van der Waals surface area contributed by atoms with E-state index in [9.17, 15) is 18.0 Å². The summed E-state index contributed by atoms with van der Waals surface area (Å²) < 4.78 is 37.9. The lowest BCUT2D eigenvalue weighted by Gasteiger charge is -2.26. The van der Waals surface area contributed by atoms with Crippen molar-refractivity contribution in [2.75, 3.05) is 19.6 Å². The second-order valence-electron chi connectivity index (χ2n) is 6.26. The number of halogens is 3. The average Bonchev–Trinajstić information content (AvgIpc) is 2.90. The van der Waals surface area contributed by atoms with Gasteiger partial charge in [0.1, 0.15) is 11.9 Å². The number of Topliss-reactive ketones (excluding diaryl/α,β-unsaturated/α-hetero) is 1. The third-order valence-electron chi connectivity index (χ3n) is 4.50. The average molecular weight is 339 g/mol. The standard InChI is InChI=1S/C17H20F3N3O/c1-11-15(10-23-8-6-14(24)7-9-23)22-16(21-11)12-2-4-13(5-3-12)17(18,19)20/h2-5,16,21-22H,6-10H2,1H3. The monoisotopic (exact) mass is 339 g/mol. The number of hydrogen-bond donors (Lipinski definition) is 2. The first kappa shape index (κ1) is 16.8. The van der Waals surface area contributed by atoms with Gasteiger partial charge in [-0.2, -0.15) is 13.2 Å². The van der Waals surface area contributed by atoms with Crippen LogP contribution in [0.2, 0.25) is 0 Å². The van der Waals surface area contributed by atoms with Crippen LogP contribution in [0.1, 0.15) is 37.1 Å². The van der Waals surface area contributed by atoms with Crippen LogP contribution in [0, 0.1) is 0 Å². The molecule has 1 aromatic carbocycles. The van der Waals surface area contributed by atoms with Gasteiger partial charge in [-0.25, -0.2) is 0 Å². The topological polar surface area (TPSA) is 44.4 Å². The molecule has 0 bridgehead atoms. The summed E-state index contributed by atoms with van der Waals surface area (Å²) in [4.78, 5) is 13.5. The molecule has 2 heterocycles. The van der Waals surface area contributed by atoms with Gasteiger partial charge in [0, 0.05) is 43.9 Å². The summed E-state index contributed by atoms with van der Waals surface area (Å²) >= 11 is 0. The van der Waals surface area contributed by atoms with Gasteiger partial charge in [-0.1, -0.05) is 12.1 Å². The minimum atomic E-state index is -4.32. The Morgan fingerprint density at radius 3 is 2.33 bits per heavy atom. The third kappa shape index (κ3) is 3.72. The first-order valence-corrected chi connectivity index (χ1v) is 7.97. The van der Waals surface area contributed by atoms with Gasteiger partial charge in [0.15, 0.2) is 0 Å². The molecule has 0 aliphatic carbocycles. The molecule has 2 aliphatic rings. The van der Waals surface area contributed by atoms with Crippen molar-refractivity contribution in [3.8, 4) is 0 Å². The summed E-state index contributed by atoms with van der Waals surface area (Å²) in [6.45, 7) is 4.16. The molecule has 7 heteroatoms. The Bertz CT molecular complexity index is 642. The van der Waals surface area contributed by atoms with Crippen LogP contribution in [0.5, 0.6) is 0 Å². The second kappa shape index (κ2) is 6.47. The number of hydrogen-bond acceptors (Lipinski definition) is 4. The van der Waals surface area contributed by atoms with Gasteiger partial charge < -0.3 is 10.6 Å². The van der Waals surface area contributed by atoms with E-state index in [1.54, 1.807) is 0 Å². The Morgan fingerprint density at radius 2 is 1.75 bits per heavy atom. The van der Waals surface area contributed by atoms with E-state index in [1.165, 1.54) is 12.1 Å². The fraction of sp³-hybridized carbons (Fsp3) is 0.471. The SMILES string of the molecule is CC1=C(CN2CCC(=O)CC2)NC(c2ccc(C(F)(F)F)cc2)N1. The lowest BCUT2D eigenvalue weighted by Crippen LogP contribution is -2.37. The predicted octanol–water partition coefficient (Wildman–Crippen LogP) is 2.79. The van der Waals surface area contributed by atoms with Gasteiger partial charge in [0.25, 0.3) is 0 Å². The van der Waals surface area contributed by atoms with Gasteiger partial charge in [-0.3, -0.25) is 9.69 Å². The van der Waals surface area contributed by atoms with Crippen molar-refractivity contribution in [2.24, 2.45) is 0 Å². The van der Waals surface area contributed by atoms with Crippen LogP contribution < -0.4 is 10.6 Å². The zero-order chi connectivity index (χ0) is 17.3. The lowest BCUT2D eigenvalue weighted by molar-refractivity contribution is -0.137. The smallest absolute Gasteiger partial charge is 0.364 e. The van der Waals surface area contributed by atoms with Crippen LogP contribution in [0.4, 0.5) is 13.2 Å². The molecule has 24 heavy (non-hydrogen) atoms. The summed E-state index contributed by atoms with van der Waals surface area (Å²) in [5, 5.41) is 6.60. The minimum Gasteiger partial charge on any atom is -0.364 e. The number of benzene rings is 1. The molecular weight excluding hydrogens is 319 g/mol. The minimum absolute atomic E-state index is 0.228. The largest absolute Gasteiger partial charge is 0.416 e. The van der Waals surface area contributed by atoms with Crippen LogP contribution >= 0.6 is 0 Å². The van der Waals surface area contributed by atoms with Crippen LogP contribution in [0.25, 0.3) is 0 Å². The molecule has 1 fully saturated rings. The number of likely N-dealkylation sites (tertiary alicyclic amines) is 1. The number of nitrogens with one attached hydrogen (secondary N) is 2. The van der Waals surface area contributed by atoms with E-state index in [1.807, 2.05) is 6.92 Å². The van der Waals surface area contributed by atoms with Gasteiger partial charge in [-0.15, -0.1) is 0 Å². The first-order valence-electron chi connectivity index (χ1n) is 7.97. The molecule has 1 unspecified atom stereocenters. The van der Waals surface area contributed by atoms with Gasteiger partial charge in [0.2, 0.25) is 0 Å². The fourth-order valence-electron chi connectivity index (χ4n) is 3.00. The van der Waals surface area contributed by atoms with Gasteiger partial charge >= 0.3 is 6.18 Å². The molecule has 1 atom stereocenters. The maximum absolute atomic E-state index is 12.6. The first-order chi connectivity index (χ1) is 11.3. The number of carbonyl (C=O) groups is 1. The molecule has 1 saturated heterocycles. The van der Waals surface area contributed by atoms with Crippen molar-refractivity contribution in [3.63, 3.8) is 0 Å². The molecule has 130 valence electrons. The molecule has 0 radical (unpaired) electrons. The molecule has 3 rings (SSSR count).